The summed E-state index contributed by atoms with van der Waals surface area (Å²) in [5, 5.41) is 7.69. The summed E-state index contributed by atoms with van der Waals surface area (Å²) in [5.74, 6) is -0.292. The Balaban J connectivity index is 1.97. The van der Waals surface area contributed by atoms with E-state index in [1.807, 2.05) is 0 Å². The highest BCUT2D eigenvalue weighted by Crippen LogP contribution is 2.28. The normalized spacial score (nSPS) is 14.1. The molecule has 0 bridgehead atoms. The van der Waals surface area contributed by atoms with Gasteiger partial charge < -0.3 is 16.0 Å². The van der Waals surface area contributed by atoms with E-state index in [2.05, 4.69) is 16.0 Å². The molecule has 1 aliphatic carbocycles. The standard InChI is InChI=1S/C10H17N3O3/c1-7(14)11-4-5-12-9(15)6-13-10(16)8-2-3-8/h8H,2-6H2,1H3,(H,11,14)(H,12,15)(H,13,16). The van der Waals surface area contributed by atoms with E-state index < -0.39 is 0 Å². The zero-order valence-electron chi connectivity index (χ0n) is 9.34. The van der Waals surface area contributed by atoms with Gasteiger partial charge in [-0.3, -0.25) is 14.4 Å². The van der Waals surface area contributed by atoms with E-state index in [4.69, 9.17) is 0 Å². The first-order chi connectivity index (χ1) is 7.59. The van der Waals surface area contributed by atoms with Crippen LogP contribution in [-0.2, 0) is 14.4 Å². The molecule has 3 N–H and O–H groups in total. The number of hydrogen-bond donors (Lipinski definition) is 3. The predicted octanol–water partition coefficient (Wildman–Crippen LogP) is -1.24. The van der Waals surface area contributed by atoms with Crippen molar-refractivity contribution in [2.45, 2.75) is 19.8 Å². The van der Waals surface area contributed by atoms with Gasteiger partial charge in [0.05, 0.1) is 6.54 Å². The van der Waals surface area contributed by atoms with Gasteiger partial charge in [0.2, 0.25) is 17.7 Å². The van der Waals surface area contributed by atoms with Crippen LogP contribution in [0, 0.1) is 5.92 Å². The van der Waals surface area contributed by atoms with E-state index in [1.54, 1.807) is 0 Å². The molecule has 0 aliphatic heterocycles. The fourth-order valence-corrected chi connectivity index (χ4v) is 1.16. The maximum absolute atomic E-state index is 11.2. The van der Waals surface area contributed by atoms with Crippen molar-refractivity contribution in [3.8, 4) is 0 Å². The SMILES string of the molecule is CC(=O)NCCNC(=O)CNC(=O)C1CC1. The first-order valence-electron chi connectivity index (χ1n) is 5.38. The van der Waals surface area contributed by atoms with Crippen LogP contribution in [0.1, 0.15) is 19.8 Å². The summed E-state index contributed by atoms with van der Waals surface area (Å²) < 4.78 is 0. The molecule has 1 rings (SSSR count). The van der Waals surface area contributed by atoms with E-state index in [9.17, 15) is 14.4 Å². The molecule has 0 saturated heterocycles. The van der Waals surface area contributed by atoms with Crippen LogP contribution in [0.3, 0.4) is 0 Å². The van der Waals surface area contributed by atoms with Crippen molar-refractivity contribution in [1.29, 1.82) is 0 Å². The Morgan fingerprint density at radius 2 is 1.69 bits per heavy atom. The van der Waals surface area contributed by atoms with Crippen LogP contribution in [0.2, 0.25) is 0 Å². The molecule has 0 heterocycles. The molecule has 1 fully saturated rings. The molecular weight excluding hydrogens is 210 g/mol. The molecule has 0 aromatic carbocycles. The monoisotopic (exact) mass is 227 g/mol. The summed E-state index contributed by atoms with van der Waals surface area (Å²) in [6.07, 6.45) is 1.85. The van der Waals surface area contributed by atoms with Crippen molar-refractivity contribution in [2.75, 3.05) is 19.6 Å². The summed E-state index contributed by atoms with van der Waals surface area (Å²) in [4.78, 5) is 32.9. The first kappa shape index (κ1) is 12.5. The molecular formula is C10H17N3O3. The van der Waals surface area contributed by atoms with Crippen LogP contribution in [-0.4, -0.2) is 37.4 Å². The molecule has 3 amide bonds. The quantitative estimate of drug-likeness (QED) is 0.496. The Morgan fingerprint density at radius 3 is 2.25 bits per heavy atom. The van der Waals surface area contributed by atoms with Crippen molar-refractivity contribution >= 4 is 17.7 Å². The first-order valence-corrected chi connectivity index (χ1v) is 5.38. The number of carbonyl (C=O) groups excluding carboxylic acids is 3. The lowest BCUT2D eigenvalue weighted by atomic mass is 10.4. The van der Waals surface area contributed by atoms with Crippen LogP contribution in [0.15, 0.2) is 0 Å². The molecule has 6 heteroatoms. The van der Waals surface area contributed by atoms with Gasteiger partial charge in [-0.15, -0.1) is 0 Å². The summed E-state index contributed by atoms with van der Waals surface area (Å²) in [5.41, 5.74) is 0. The van der Waals surface area contributed by atoms with Gasteiger partial charge in [0.15, 0.2) is 0 Å². The maximum Gasteiger partial charge on any atom is 0.239 e. The molecule has 6 nitrogen and oxygen atoms in total. The lowest BCUT2D eigenvalue weighted by molar-refractivity contribution is -0.126. The number of amides is 3. The Labute approximate surface area is 94.2 Å². The highest BCUT2D eigenvalue weighted by atomic mass is 16.2. The molecule has 0 spiro atoms. The van der Waals surface area contributed by atoms with Crippen LogP contribution < -0.4 is 16.0 Å². The van der Waals surface area contributed by atoms with Crippen LogP contribution in [0.5, 0.6) is 0 Å². The molecule has 90 valence electrons. The van der Waals surface area contributed by atoms with Crippen LogP contribution in [0.4, 0.5) is 0 Å². The van der Waals surface area contributed by atoms with Crippen LogP contribution in [0.25, 0.3) is 0 Å². The number of hydrogen-bond acceptors (Lipinski definition) is 3. The number of nitrogens with one attached hydrogen (secondary N) is 3. The zero-order valence-corrected chi connectivity index (χ0v) is 9.34. The molecule has 1 saturated carbocycles. The fourth-order valence-electron chi connectivity index (χ4n) is 1.16. The topological polar surface area (TPSA) is 87.3 Å². The largest absolute Gasteiger partial charge is 0.355 e. The van der Waals surface area contributed by atoms with E-state index in [0.29, 0.717) is 13.1 Å². The average molecular weight is 227 g/mol. The smallest absolute Gasteiger partial charge is 0.239 e. The lowest BCUT2D eigenvalue weighted by Crippen LogP contribution is -2.40. The lowest BCUT2D eigenvalue weighted by Gasteiger charge is -2.06. The third-order valence-electron chi connectivity index (χ3n) is 2.19. The minimum Gasteiger partial charge on any atom is -0.355 e. The molecule has 0 aromatic heterocycles. The maximum atomic E-state index is 11.2. The Morgan fingerprint density at radius 1 is 1.06 bits per heavy atom. The minimum atomic E-state index is -0.237. The fraction of sp³-hybridized carbons (Fsp3) is 0.700. The second-order valence-electron chi connectivity index (χ2n) is 3.82. The van der Waals surface area contributed by atoms with Gasteiger partial charge in [-0.2, -0.15) is 0 Å². The Hall–Kier alpha value is -1.59. The zero-order chi connectivity index (χ0) is 12.0. The van der Waals surface area contributed by atoms with Crippen molar-refractivity contribution in [3.05, 3.63) is 0 Å². The third kappa shape index (κ3) is 5.33. The van der Waals surface area contributed by atoms with E-state index >= 15 is 0 Å². The second kappa shape index (κ2) is 6.09. The van der Waals surface area contributed by atoms with Gasteiger partial charge in [-0.1, -0.05) is 0 Å². The van der Waals surface area contributed by atoms with Crippen molar-refractivity contribution in [2.24, 2.45) is 5.92 Å². The Kier molecular flexibility index (Phi) is 4.75. The molecule has 1 aliphatic rings. The van der Waals surface area contributed by atoms with Crippen LogP contribution >= 0.6 is 0 Å². The van der Waals surface area contributed by atoms with E-state index in [-0.39, 0.29) is 30.2 Å². The summed E-state index contributed by atoms with van der Waals surface area (Å²) in [6.45, 7) is 2.20. The van der Waals surface area contributed by atoms with Gasteiger partial charge in [0, 0.05) is 25.9 Å². The highest BCUT2D eigenvalue weighted by molar-refractivity contribution is 5.86. The van der Waals surface area contributed by atoms with Gasteiger partial charge in [-0.05, 0) is 12.8 Å². The summed E-state index contributed by atoms with van der Waals surface area (Å²) >= 11 is 0. The molecule has 0 atom stereocenters. The van der Waals surface area contributed by atoms with E-state index in [1.165, 1.54) is 6.92 Å². The predicted molar refractivity (Wildman–Crippen MR) is 57.4 cm³/mol. The number of carbonyl (C=O) groups is 3. The molecule has 0 radical (unpaired) electrons. The molecule has 0 unspecified atom stereocenters. The number of rotatable bonds is 6. The highest BCUT2D eigenvalue weighted by Gasteiger charge is 2.29. The van der Waals surface area contributed by atoms with Gasteiger partial charge >= 0.3 is 0 Å². The summed E-state index contributed by atoms with van der Waals surface area (Å²) in [6, 6.07) is 0. The van der Waals surface area contributed by atoms with Gasteiger partial charge in [0.1, 0.15) is 0 Å². The van der Waals surface area contributed by atoms with Gasteiger partial charge in [0.25, 0.3) is 0 Å². The molecule has 0 aromatic rings. The van der Waals surface area contributed by atoms with Gasteiger partial charge in [-0.25, -0.2) is 0 Å². The molecule has 16 heavy (non-hydrogen) atoms. The Bertz CT molecular complexity index is 287. The summed E-state index contributed by atoms with van der Waals surface area (Å²) in [7, 11) is 0. The van der Waals surface area contributed by atoms with Crippen molar-refractivity contribution in [3.63, 3.8) is 0 Å². The van der Waals surface area contributed by atoms with E-state index in [0.717, 1.165) is 12.8 Å². The third-order valence-corrected chi connectivity index (χ3v) is 2.19. The van der Waals surface area contributed by atoms with Crippen molar-refractivity contribution < 1.29 is 14.4 Å². The minimum absolute atomic E-state index is 0.00933. The van der Waals surface area contributed by atoms with Crippen molar-refractivity contribution in [1.82, 2.24) is 16.0 Å². The average Bonchev–Trinajstić information content (AvgIpc) is 3.04. The second-order valence-corrected chi connectivity index (χ2v) is 3.82.